The molecule has 2 nitrogen and oxygen atoms in total. The number of hydrogen-bond donors (Lipinski definition) is 1. The lowest BCUT2D eigenvalue weighted by Gasteiger charge is -2.03. The first-order valence-corrected chi connectivity index (χ1v) is 13.4. The van der Waals surface area contributed by atoms with Gasteiger partial charge in [-0.3, -0.25) is 4.79 Å². The Bertz CT molecular complexity index is 355. The van der Waals surface area contributed by atoms with E-state index in [4.69, 9.17) is 4.74 Å². The van der Waals surface area contributed by atoms with Crippen molar-refractivity contribution in [2.45, 2.75) is 135 Å². The summed E-state index contributed by atoms with van der Waals surface area (Å²) in [5.41, 5.74) is 0. The summed E-state index contributed by atoms with van der Waals surface area (Å²) in [6.07, 6.45) is 30.7. The van der Waals surface area contributed by atoms with Crippen molar-refractivity contribution in [1.29, 1.82) is 0 Å². The number of carbonyl (C=O) groups is 1. The van der Waals surface area contributed by atoms with Crippen molar-refractivity contribution < 1.29 is 9.53 Å². The topological polar surface area (TPSA) is 26.3 Å². The molecular weight excluding hydrogens is 376 g/mol. The van der Waals surface area contributed by atoms with Crippen molar-refractivity contribution in [2.24, 2.45) is 0 Å². The first-order chi connectivity index (χ1) is 14.3. The summed E-state index contributed by atoms with van der Waals surface area (Å²) in [4.78, 5) is 11.3. The first-order valence-electron chi connectivity index (χ1n) is 12.7. The quantitative estimate of drug-likeness (QED) is 0.0764. The van der Waals surface area contributed by atoms with Gasteiger partial charge in [-0.25, -0.2) is 0 Å². The molecule has 0 fully saturated rings. The van der Waals surface area contributed by atoms with Gasteiger partial charge >= 0.3 is 5.97 Å². The Hall–Kier alpha value is -0.440. The van der Waals surface area contributed by atoms with E-state index in [-0.39, 0.29) is 5.97 Å². The van der Waals surface area contributed by atoms with Gasteiger partial charge in [0.1, 0.15) is 6.61 Å². The molecule has 3 heteroatoms. The van der Waals surface area contributed by atoms with Gasteiger partial charge in [0.25, 0.3) is 0 Å². The molecule has 29 heavy (non-hydrogen) atoms. The van der Waals surface area contributed by atoms with E-state index in [1.165, 1.54) is 109 Å². The van der Waals surface area contributed by atoms with Crippen molar-refractivity contribution in [1.82, 2.24) is 0 Å². The highest BCUT2D eigenvalue weighted by atomic mass is 32.1. The zero-order valence-electron chi connectivity index (χ0n) is 19.5. The first kappa shape index (κ1) is 28.6. The van der Waals surface area contributed by atoms with Crippen molar-refractivity contribution in [3.63, 3.8) is 0 Å². The lowest BCUT2D eigenvalue weighted by Crippen LogP contribution is -2.06. The summed E-state index contributed by atoms with van der Waals surface area (Å²) in [5.74, 6) is 0.548. The van der Waals surface area contributed by atoms with Gasteiger partial charge in [0.2, 0.25) is 0 Å². The molecule has 0 aliphatic carbocycles. The van der Waals surface area contributed by atoms with Gasteiger partial charge in [0.05, 0.1) is 0 Å². The van der Waals surface area contributed by atoms with Gasteiger partial charge in [-0.2, -0.15) is 12.6 Å². The van der Waals surface area contributed by atoms with E-state index in [1.54, 1.807) is 0 Å². The van der Waals surface area contributed by atoms with E-state index >= 15 is 0 Å². The molecule has 0 saturated heterocycles. The van der Waals surface area contributed by atoms with E-state index in [1.807, 2.05) is 0 Å². The summed E-state index contributed by atoms with van der Waals surface area (Å²) >= 11 is 4.03. The SMILES string of the molecule is CCCCCCCCCC/C=C/CCCCCCCCCCCC(=O)OCCS. The number of allylic oxidation sites excluding steroid dienone is 2. The van der Waals surface area contributed by atoms with Crippen LogP contribution in [0.25, 0.3) is 0 Å². The number of ether oxygens (including phenoxy) is 1. The molecule has 0 aliphatic heterocycles. The Morgan fingerprint density at radius 3 is 1.52 bits per heavy atom. The van der Waals surface area contributed by atoms with Crippen LogP contribution in [0.4, 0.5) is 0 Å². The van der Waals surface area contributed by atoms with Crippen molar-refractivity contribution in [3.8, 4) is 0 Å². The third-order valence-electron chi connectivity index (χ3n) is 5.50. The van der Waals surface area contributed by atoms with Gasteiger partial charge < -0.3 is 4.74 Å². The lowest BCUT2D eigenvalue weighted by molar-refractivity contribution is -0.143. The monoisotopic (exact) mass is 426 g/mol. The summed E-state index contributed by atoms with van der Waals surface area (Å²) in [5, 5.41) is 0. The number of esters is 1. The Labute approximate surface area is 188 Å². The van der Waals surface area contributed by atoms with Gasteiger partial charge in [-0.05, 0) is 32.1 Å². The molecule has 0 unspecified atom stereocenters. The lowest BCUT2D eigenvalue weighted by atomic mass is 10.1. The van der Waals surface area contributed by atoms with Crippen molar-refractivity contribution in [3.05, 3.63) is 12.2 Å². The molecule has 0 spiro atoms. The average Bonchev–Trinajstić information content (AvgIpc) is 2.73. The number of carbonyl (C=O) groups excluding carboxylic acids is 1. The molecule has 172 valence electrons. The molecule has 0 aromatic carbocycles. The fourth-order valence-corrected chi connectivity index (χ4v) is 3.72. The molecular formula is C26H50O2S. The number of thiol groups is 1. The Morgan fingerprint density at radius 1 is 0.655 bits per heavy atom. The van der Waals surface area contributed by atoms with Crippen LogP contribution in [0, 0.1) is 0 Å². The zero-order chi connectivity index (χ0) is 21.3. The van der Waals surface area contributed by atoms with E-state index in [2.05, 4.69) is 31.7 Å². The predicted octanol–water partition coefficient (Wildman–Crippen LogP) is 8.84. The number of unbranched alkanes of at least 4 members (excludes halogenated alkanes) is 17. The molecule has 0 amide bonds. The highest BCUT2D eigenvalue weighted by Crippen LogP contribution is 2.13. The third kappa shape index (κ3) is 25.5. The van der Waals surface area contributed by atoms with Gasteiger partial charge in [0, 0.05) is 12.2 Å². The fraction of sp³-hybridized carbons (Fsp3) is 0.885. The number of rotatable bonds is 23. The molecule has 0 rings (SSSR count). The maximum absolute atomic E-state index is 11.3. The average molecular weight is 427 g/mol. The smallest absolute Gasteiger partial charge is 0.305 e. The molecule has 0 heterocycles. The van der Waals surface area contributed by atoms with Gasteiger partial charge in [0.15, 0.2) is 0 Å². The summed E-state index contributed by atoms with van der Waals surface area (Å²) < 4.78 is 5.01. The second-order valence-electron chi connectivity index (χ2n) is 8.40. The summed E-state index contributed by atoms with van der Waals surface area (Å²) in [6, 6.07) is 0. The zero-order valence-corrected chi connectivity index (χ0v) is 20.4. The van der Waals surface area contributed by atoms with E-state index in [0.29, 0.717) is 18.8 Å². The minimum absolute atomic E-state index is 0.0640. The maximum Gasteiger partial charge on any atom is 0.305 e. The highest BCUT2D eigenvalue weighted by molar-refractivity contribution is 7.80. The van der Waals surface area contributed by atoms with Crippen LogP contribution in [0.5, 0.6) is 0 Å². The Morgan fingerprint density at radius 2 is 1.07 bits per heavy atom. The second kappa shape index (κ2) is 25.6. The van der Waals surface area contributed by atoms with Gasteiger partial charge in [-0.15, -0.1) is 0 Å². The molecule has 0 aromatic heterocycles. The van der Waals surface area contributed by atoms with Crippen LogP contribution in [0.2, 0.25) is 0 Å². The van der Waals surface area contributed by atoms with E-state index in [9.17, 15) is 4.79 Å². The third-order valence-corrected chi connectivity index (χ3v) is 5.68. The van der Waals surface area contributed by atoms with E-state index in [0.717, 1.165) is 12.8 Å². The second-order valence-corrected chi connectivity index (χ2v) is 8.85. The van der Waals surface area contributed by atoms with Crippen LogP contribution in [0.15, 0.2) is 12.2 Å². The van der Waals surface area contributed by atoms with Crippen LogP contribution in [-0.2, 0) is 9.53 Å². The molecule has 0 aromatic rings. The van der Waals surface area contributed by atoms with Crippen LogP contribution in [0.3, 0.4) is 0 Å². The molecule has 0 aliphatic rings. The molecule has 0 N–H and O–H groups in total. The molecule has 0 atom stereocenters. The standard InChI is InChI=1S/C26H50O2S/c1-2-3-4-5-6-7-8-9-10-11-12-13-14-15-16-17-18-19-20-21-22-23-26(27)28-24-25-29/h11-12,29H,2-10,13-25H2,1H3/b12-11+. The summed E-state index contributed by atoms with van der Waals surface area (Å²) in [7, 11) is 0. The van der Waals surface area contributed by atoms with Crippen LogP contribution in [0.1, 0.15) is 135 Å². The largest absolute Gasteiger partial charge is 0.465 e. The molecule has 0 saturated carbocycles. The number of hydrogen-bond acceptors (Lipinski definition) is 3. The minimum Gasteiger partial charge on any atom is -0.465 e. The Kier molecular flexibility index (Phi) is 25.2. The molecule has 0 radical (unpaired) electrons. The van der Waals surface area contributed by atoms with Gasteiger partial charge in [-0.1, -0.05) is 109 Å². The van der Waals surface area contributed by atoms with Crippen LogP contribution < -0.4 is 0 Å². The fourth-order valence-electron chi connectivity index (χ4n) is 3.63. The van der Waals surface area contributed by atoms with Crippen LogP contribution in [-0.4, -0.2) is 18.3 Å². The van der Waals surface area contributed by atoms with Crippen molar-refractivity contribution in [2.75, 3.05) is 12.4 Å². The predicted molar refractivity (Wildman–Crippen MR) is 132 cm³/mol. The van der Waals surface area contributed by atoms with Crippen molar-refractivity contribution >= 4 is 18.6 Å². The highest BCUT2D eigenvalue weighted by Gasteiger charge is 2.01. The summed E-state index contributed by atoms with van der Waals surface area (Å²) in [6.45, 7) is 2.73. The maximum atomic E-state index is 11.3. The molecule has 0 bridgehead atoms. The Balaban J connectivity index is 3.12. The van der Waals surface area contributed by atoms with Crippen LogP contribution >= 0.6 is 12.6 Å². The normalized spacial score (nSPS) is 11.4. The van der Waals surface area contributed by atoms with E-state index < -0.39 is 0 Å². The minimum atomic E-state index is -0.0640.